The summed E-state index contributed by atoms with van der Waals surface area (Å²) in [5.41, 5.74) is 0.912. The van der Waals surface area contributed by atoms with E-state index in [4.69, 9.17) is 4.74 Å². The molecule has 0 radical (unpaired) electrons. The first-order valence-electron chi connectivity index (χ1n) is 6.57. The Morgan fingerprint density at radius 3 is 2.47 bits per heavy atom. The first kappa shape index (κ1) is 13.6. The van der Waals surface area contributed by atoms with Gasteiger partial charge in [0.05, 0.1) is 12.0 Å². The Morgan fingerprint density at radius 1 is 1.26 bits per heavy atom. The fraction of sp³-hybridized carbons (Fsp3) is 0.467. The minimum atomic E-state index is -0.522. The van der Waals surface area contributed by atoms with Gasteiger partial charge in [-0.15, -0.1) is 0 Å². The summed E-state index contributed by atoms with van der Waals surface area (Å²) in [6, 6.07) is 9.32. The van der Waals surface area contributed by atoms with Gasteiger partial charge in [0.15, 0.2) is 0 Å². The molecule has 1 aromatic carbocycles. The Balaban J connectivity index is 2.21. The molecule has 0 saturated carbocycles. The summed E-state index contributed by atoms with van der Waals surface area (Å²) in [7, 11) is 0. The van der Waals surface area contributed by atoms with Gasteiger partial charge < -0.3 is 4.74 Å². The molecule has 1 fully saturated rings. The van der Waals surface area contributed by atoms with Gasteiger partial charge in [-0.05, 0) is 18.4 Å². The first-order valence-corrected chi connectivity index (χ1v) is 6.57. The molecule has 4 heteroatoms. The molecule has 1 heterocycles. The number of carbonyl (C=O) groups is 2. The molecule has 2 amide bonds. The number of rotatable bonds is 3. The third-order valence-electron chi connectivity index (χ3n) is 3.58. The Hall–Kier alpha value is -1.84. The molecular weight excluding hydrogens is 242 g/mol. The maximum atomic E-state index is 12.5. The molecule has 0 unspecified atom stereocenters. The van der Waals surface area contributed by atoms with Crippen molar-refractivity contribution in [2.45, 2.75) is 32.7 Å². The molecule has 19 heavy (non-hydrogen) atoms. The van der Waals surface area contributed by atoms with Crippen molar-refractivity contribution in [1.82, 2.24) is 4.90 Å². The second kappa shape index (κ2) is 5.43. The highest BCUT2D eigenvalue weighted by Crippen LogP contribution is 2.25. The van der Waals surface area contributed by atoms with Crippen LogP contribution in [0.3, 0.4) is 0 Å². The maximum absolute atomic E-state index is 12.5. The van der Waals surface area contributed by atoms with Crippen molar-refractivity contribution >= 4 is 12.0 Å². The molecule has 0 N–H and O–H groups in total. The van der Waals surface area contributed by atoms with E-state index in [2.05, 4.69) is 0 Å². The van der Waals surface area contributed by atoms with Crippen LogP contribution in [0.15, 0.2) is 30.3 Å². The zero-order valence-corrected chi connectivity index (χ0v) is 11.5. The third-order valence-corrected chi connectivity index (χ3v) is 3.58. The fourth-order valence-electron chi connectivity index (χ4n) is 2.27. The Labute approximate surface area is 113 Å². The van der Waals surface area contributed by atoms with Crippen LogP contribution < -0.4 is 0 Å². The summed E-state index contributed by atoms with van der Waals surface area (Å²) >= 11 is 0. The zero-order chi connectivity index (χ0) is 14.0. The van der Waals surface area contributed by atoms with Gasteiger partial charge in [0.2, 0.25) is 5.91 Å². The lowest BCUT2D eigenvalue weighted by Gasteiger charge is -2.25. The number of amides is 2. The zero-order valence-electron chi connectivity index (χ0n) is 11.5. The molecule has 4 nitrogen and oxygen atoms in total. The molecule has 102 valence electrons. The average Bonchev–Trinajstić information content (AvgIpc) is 2.80. The predicted molar refractivity (Wildman–Crippen MR) is 71.7 cm³/mol. The van der Waals surface area contributed by atoms with Gasteiger partial charge in [-0.3, -0.25) is 4.79 Å². The summed E-state index contributed by atoms with van der Waals surface area (Å²) in [5.74, 6) is -0.334. The van der Waals surface area contributed by atoms with Crippen LogP contribution in [0.5, 0.6) is 0 Å². The van der Waals surface area contributed by atoms with Crippen molar-refractivity contribution in [2.75, 3.05) is 6.61 Å². The Kier molecular flexibility index (Phi) is 3.88. The summed E-state index contributed by atoms with van der Waals surface area (Å²) in [5, 5.41) is 0. The number of hydrogen-bond acceptors (Lipinski definition) is 3. The number of hydrogen-bond donors (Lipinski definition) is 0. The number of carbonyl (C=O) groups excluding carboxylic acids is 2. The van der Waals surface area contributed by atoms with Crippen molar-refractivity contribution < 1.29 is 14.3 Å². The SMILES string of the molecule is CC(C)[C@H]1COC(=O)N1C(=O)[C@@H](C)c1ccccc1. The van der Waals surface area contributed by atoms with Crippen LogP contribution in [-0.4, -0.2) is 29.5 Å². The number of nitrogens with zero attached hydrogens (tertiary/aromatic N) is 1. The van der Waals surface area contributed by atoms with E-state index < -0.39 is 6.09 Å². The van der Waals surface area contributed by atoms with E-state index in [0.717, 1.165) is 5.56 Å². The van der Waals surface area contributed by atoms with E-state index in [1.807, 2.05) is 51.1 Å². The summed E-state index contributed by atoms with van der Waals surface area (Å²) in [4.78, 5) is 25.5. The Bertz CT molecular complexity index is 470. The molecule has 1 aliphatic heterocycles. The van der Waals surface area contributed by atoms with Crippen LogP contribution in [0.4, 0.5) is 4.79 Å². The summed E-state index contributed by atoms with van der Waals surface area (Å²) in [6.45, 7) is 6.09. The van der Waals surface area contributed by atoms with E-state index in [9.17, 15) is 9.59 Å². The van der Waals surface area contributed by atoms with Gasteiger partial charge in [-0.2, -0.15) is 0 Å². The van der Waals surface area contributed by atoms with E-state index >= 15 is 0 Å². The number of cyclic esters (lactones) is 1. The molecule has 2 atom stereocenters. The van der Waals surface area contributed by atoms with Gasteiger partial charge in [0, 0.05) is 0 Å². The molecule has 0 aromatic heterocycles. The lowest BCUT2D eigenvalue weighted by atomic mass is 9.97. The summed E-state index contributed by atoms with van der Waals surface area (Å²) < 4.78 is 5.01. The molecule has 1 saturated heterocycles. The molecule has 2 rings (SSSR count). The highest BCUT2D eigenvalue weighted by molar-refractivity contribution is 5.97. The predicted octanol–water partition coefficient (Wildman–Crippen LogP) is 2.79. The van der Waals surface area contributed by atoms with Gasteiger partial charge in [-0.1, -0.05) is 44.2 Å². The second-order valence-corrected chi connectivity index (χ2v) is 5.23. The van der Waals surface area contributed by atoms with Gasteiger partial charge in [0.25, 0.3) is 0 Å². The lowest BCUT2D eigenvalue weighted by molar-refractivity contribution is -0.131. The number of imide groups is 1. The van der Waals surface area contributed by atoms with Crippen LogP contribution in [0, 0.1) is 5.92 Å². The van der Waals surface area contributed by atoms with Crippen LogP contribution in [0.2, 0.25) is 0 Å². The first-order chi connectivity index (χ1) is 9.02. The average molecular weight is 261 g/mol. The minimum absolute atomic E-state index is 0.161. The number of ether oxygens (including phenoxy) is 1. The van der Waals surface area contributed by atoms with Crippen LogP contribution in [0.1, 0.15) is 32.3 Å². The van der Waals surface area contributed by atoms with Crippen molar-refractivity contribution in [3.05, 3.63) is 35.9 Å². The van der Waals surface area contributed by atoms with E-state index in [-0.39, 0.29) is 23.8 Å². The molecule has 0 aliphatic carbocycles. The third kappa shape index (κ3) is 2.62. The van der Waals surface area contributed by atoms with Crippen molar-refractivity contribution in [3.63, 3.8) is 0 Å². The van der Waals surface area contributed by atoms with E-state index in [0.29, 0.717) is 6.61 Å². The molecular formula is C15H19NO3. The van der Waals surface area contributed by atoms with Crippen LogP contribution >= 0.6 is 0 Å². The normalized spacial score (nSPS) is 20.5. The monoisotopic (exact) mass is 261 g/mol. The van der Waals surface area contributed by atoms with Gasteiger partial charge in [-0.25, -0.2) is 9.69 Å². The molecule has 0 spiro atoms. The highest BCUT2D eigenvalue weighted by atomic mass is 16.6. The quantitative estimate of drug-likeness (QED) is 0.840. The van der Waals surface area contributed by atoms with Crippen LogP contribution in [-0.2, 0) is 9.53 Å². The largest absolute Gasteiger partial charge is 0.447 e. The standard InChI is InChI=1S/C15H19NO3/c1-10(2)13-9-19-15(18)16(13)14(17)11(3)12-7-5-4-6-8-12/h4-8,10-11,13H,9H2,1-3H3/t11-,13+/m0/s1. The van der Waals surface area contributed by atoms with Crippen molar-refractivity contribution in [2.24, 2.45) is 5.92 Å². The molecule has 0 bridgehead atoms. The van der Waals surface area contributed by atoms with Crippen LogP contribution in [0.25, 0.3) is 0 Å². The van der Waals surface area contributed by atoms with E-state index in [1.165, 1.54) is 4.90 Å². The van der Waals surface area contributed by atoms with Gasteiger partial charge >= 0.3 is 6.09 Å². The van der Waals surface area contributed by atoms with E-state index in [1.54, 1.807) is 0 Å². The fourth-order valence-corrected chi connectivity index (χ4v) is 2.27. The second-order valence-electron chi connectivity index (χ2n) is 5.23. The Morgan fingerprint density at radius 2 is 1.89 bits per heavy atom. The molecule has 1 aromatic rings. The van der Waals surface area contributed by atoms with Crippen molar-refractivity contribution in [3.8, 4) is 0 Å². The van der Waals surface area contributed by atoms with Crippen molar-refractivity contribution in [1.29, 1.82) is 0 Å². The minimum Gasteiger partial charge on any atom is -0.447 e. The smallest absolute Gasteiger partial charge is 0.417 e. The number of benzene rings is 1. The highest BCUT2D eigenvalue weighted by Gasteiger charge is 2.41. The lowest BCUT2D eigenvalue weighted by Crippen LogP contribution is -2.43. The topological polar surface area (TPSA) is 46.6 Å². The van der Waals surface area contributed by atoms with Gasteiger partial charge in [0.1, 0.15) is 6.61 Å². The maximum Gasteiger partial charge on any atom is 0.417 e. The summed E-state index contributed by atoms with van der Waals surface area (Å²) in [6.07, 6.45) is -0.522. The molecule has 1 aliphatic rings.